The first-order chi connectivity index (χ1) is 11.1. The van der Waals surface area contributed by atoms with E-state index in [0.29, 0.717) is 15.7 Å². The van der Waals surface area contributed by atoms with Crippen LogP contribution in [0.1, 0.15) is 20.8 Å². The Labute approximate surface area is 138 Å². The lowest BCUT2D eigenvalue weighted by Gasteiger charge is -2.01. The summed E-state index contributed by atoms with van der Waals surface area (Å²) in [6, 6.07) is 6.51. The van der Waals surface area contributed by atoms with E-state index in [1.54, 1.807) is 24.4 Å². The van der Waals surface area contributed by atoms with Gasteiger partial charge in [-0.05, 0) is 34.1 Å². The molecule has 0 aromatic carbocycles. The van der Waals surface area contributed by atoms with Gasteiger partial charge in [0, 0.05) is 12.4 Å². The zero-order valence-electron chi connectivity index (χ0n) is 11.9. The van der Waals surface area contributed by atoms with Crippen LogP contribution in [0.3, 0.4) is 0 Å². The van der Waals surface area contributed by atoms with E-state index in [2.05, 4.69) is 36.3 Å². The number of fused-ring (bicyclic) bond motifs is 1. The minimum Gasteiger partial charge on any atom is -0.465 e. The molecule has 0 aliphatic rings. The molecule has 0 bridgehead atoms. The quantitative estimate of drug-likeness (QED) is 0.702. The first kappa shape index (κ1) is 15.1. The highest BCUT2D eigenvalue weighted by atomic mass is 79.9. The zero-order valence-corrected chi connectivity index (χ0v) is 13.4. The van der Waals surface area contributed by atoms with Crippen molar-refractivity contribution in [2.45, 2.75) is 0 Å². The molecule has 8 nitrogen and oxygen atoms in total. The number of hydrogen-bond acceptors (Lipinski definition) is 6. The van der Waals surface area contributed by atoms with Crippen molar-refractivity contribution in [3.05, 3.63) is 52.4 Å². The van der Waals surface area contributed by atoms with Crippen molar-refractivity contribution in [2.75, 3.05) is 12.4 Å². The molecule has 0 unspecified atom stereocenters. The summed E-state index contributed by atoms with van der Waals surface area (Å²) in [7, 11) is 1.29. The monoisotopic (exact) mass is 375 g/mol. The molecule has 3 aromatic rings. The van der Waals surface area contributed by atoms with Crippen molar-refractivity contribution in [3.63, 3.8) is 0 Å². The number of aromatic nitrogens is 4. The number of amides is 1. The summed E-state index contributed by atoms with van der Waals surface area (Å²) in [4.78, 5) is 31.8. The SMILES string of the molecule is COC(=O)c1cc2nc(NC(=O)c3ccccn3)nn2cc1Br. The van der Waals surface area contributed by atoms with E-state index in [9.17, 15) is 9.59 Å². The number of rotatable bonds is 3. The second kappa shape index (κ2) is 6.13. The number of halogens is 1. The molecule has 3 rings (SSSR count). The molecule has 1 amide bonds. The summed E-state index contributed by atoms with van der Waals surface area (Å²) in [5, 5.41) is 6.68. The number of carbonyl (C=O) groups excluding carboxylic acids is 2. The van der Waals surface area contributed by atoms with Gasteiger partial charge in [0.25, 0.3) is 5.91 Å². The normalized spacial score (nSPS) is 10.5. The van der Waals surface area contributed by atoms with Crippen LogP contribution in [0.4, 0.5) is 5.95 Å². The molecule has 0 aliphatic carbocycles. The number of anilines is 1. The summed E-state index contributed by atoms with van der Waals surface area (Å²) in [6.07, 6.45) is 3.08. The molecule has 0 radical (unpaired) electrons. The van der Waals surface area contributed by atoms with Crippen LogP contribution in [0.2, 0.25) is 0 Å². The number of methoxy groups -OCH3 is 1. The molecule has 116 valence electrons. The maximum Gasteiger partial charge on any atom is 0.339 e. The zero-order chi connectivity index (χ0) is 16.4. The highest BCUT2D eigenvalue weighted by molar-refractivity contribution is 9.10. The molecular weight excluding hydrogens is 366 g/mol. The molecule has 0 aliphatic heterocycles. The van der Waals surface area contributed by atoms with E-state index >= 15 is 0 Å². The Morgan fingerprint density at radius 2 is 2.17 bits per heavy atom. The van der Waals surface area contributed by atoms with Gasteiger partial charge in [0.2, 0.25) is 5.95 Å². The van der Waals surface area contributed by atoms with E-state index in [1.807, 2.05) is 0 Å². The van der Waals surface area contributed by atoms with Crippen LogP contribution < -0.4 is 5.32 Å². The minimum absolute atomic E-state index is 0.106. The van der Waals surface area contributed by atoms with Gasteiger partial charge in [0.1, 0.15) is 5.69 Å². The number of nitrogens with zero attached hydrogens (tertiary/aromatic N) is 4. The predicted octanol–water partition coefficient (Wildman–Crippen LogP) is 1.93. The third-order valence-electron chi connectivity index (χ3n) is 2.95. The molecule has 0 saturated carbocycles. The van der Waals surface area contributed by atoms with E-state index in [-0.39, 0.29) is 11.6 Å². The second-order valence-electron chi connectivity index (χ2n) is 4.43. The molecule has 9 heteroatoms. The number of ether oxygens (including phenoxy) is 1. The molecule has 0 fully saturated rings. The molecule has 3 aromatic heterocycles. The summed E-state index contributed by atoms with van der Waals surface area (Å²) >= 11 is 3.27. The number of hydrogen-bond donors (Lipinski definition) is 1. The third-order valence-corrected chi connectivity index (χ3v) is 3.58. The maximum atomic E-state index is 12.0. The Bertz CT molecular complexity index is 894. The Morgan fingerprint density at radius 3 is 2.87 bits per heavy atom. The number of carbonyl (C=O) groups is 2. The van der Waals surface area contributed by atoms with E-state index in [1.165, 1.54) is 23.9 Å². The van der Waals surface area contributed by atoms with Crippen LogP contribution >= 0.6 is 15.9 Å². The predicted molar refractivity (Wildman–Crippen MR) is 84.2 cm³/mol. The van der Waals surface area contributed by atoms with Gasteiger partial charge in [0.15, 0.2) is 5.65 Å². The maximum absolute atomic E-state index is 12.0. The van der Waals surface area contributed by atoms with Crippen molar-refractivity contribution in [3.8, 4) is 0 Å². The molecule has 0 spiro atoms. The second-order valence-corrected chi connectivity index (χ2v) is 5.29. The summed E-state index contributed by atoms with van der Waals surface area (Å²) < 4.78 is 6.63. The van der Waals surface area contributed by atoms with Crippen molar-refractivity contribution in [1.82, 2.24) is 19.6 Å². The topological polar surface area (TPSA) is 98.5 Å². The van der Waals surface area contributed by atoms with Gasteiger partial charge in [-0.25, -0.2) is 9.31 Å². The standard InChI is InChI=1S/C14H10BrN5O3/c1-23-13(22)8-6-11-17-14(19-20(11)7-9(8)15)18-12(21)10-4-2-3-5-16-10/h2-7H,1H3,(H,18,19,21). The first-order valence-corrected chi connectivity index (χ1v) is 7.24. The molecule has 3 heterocycles. The van der Waals surface area contributed by atoms with Crippen LogP contribution in [-0.4, -0.2) is 38.6 Å². The smallest absolute Gasteiger partial charge is 0.339 e. The Hall–Kier alpha value is -2.81. The minimum atomic E-state index is -0.499. The highest BCUT2D eigenvalue weighted by Crippen LogP contribution is 2.20. The third kappa shape index (κ3) is 3.04. The molecule has 0 saturated heterocycles. The fourth-order valence-corrected chi connectivity index (χ4v) is 2.36. The molecular formula is C14H10BrN5O3. The van der Waals surface area contributed by atoms with Gasteiger partial charge >= 0.3 is 5.97 Å². The van der Waals surface area contributed by atoms with Gasteiger partial charge in [-0.2, -0.15) is 4.98 Å². The van der Waals surface area contributed by atoms with Crippen molar-refractivity contribution < 1.29 is 14.3 Å². The average Bonchev–Trinajstić information content (AvgIpc) is 2.95. The Morgan fingerprint density at radius 1 is 1.35 bits per heavy atom. The van der Waals surface area contributed by atoms with Gasteiger partial charge in [-0.1, -0.05) is 6.07 Å². The fourth-order valence-electron chi connectivity index (χ4n) is 1.89. The van der Waals surface area contributed by atoms with E-state index in [4.69, 9.17) is 4.74 Å². The van der Waals surface area contributed by atoms with Crippen molar-refractivity contribution >= 4 is 39.4 Å². The number of pyridine rings is 2. The van der Waals surface area contributed by atoms with E-state index < -0.39 is 11.9 Å². The lowest BCUT2D eigenvalue weighted by atomic mass is 10.3. The van der Waals surface area contributed by atoms with E-state index in [0.717, 1.165) is 0 Å². The van der Waals surface area contributed by atoms with Gasteiger partial charge < -0.3 is 4.74 Å². The van der Waals surface area contributed by atoms with Crippen LogP contribution in [-0.2, 0) is 4.74 Å². The Kier molecular flexibility index (Phi) is 4.02. The van der Waals surface area contributed by atoms with Gasteiger partial charge in [-0.3, -0.25) is 15.1 Å². The molecule has 1 N–H and O–H groups in total. The van der Waals surface area contributed by atoms with Gasteiger partial charge in [-0.15, -0.1) is 5.10 Å². The summed E-state index contributed by atoms with van der Waals surface area (Å²) in [5.74, 6) is -0.815. The lowest BCUT2D eigenvalue weighted by Crippen LogP contribution is -2.14. The lowest BCUT2D eigenvalue weighted by molar-refractivity contribution is 0.0599. The number of esters is 1. The Balaban J connectivity index is 1.91. The van der Waals surface area contributed by atoms with Crippen molar-refractivity contribution in [1.29, 1.82) is 0 Å². The number of nitrogens with one attached hydrogen (secondary N) is 1. The average molecular weight is 376 g/mol. The van der Waals surface area contributed by atoms with Crippen molar-refractivity contribution in [2.24, 2.45) is 0 Å². The molecule has 23 heavy (non-hydrogen) atoms. The molecule has 0 atom stereocenters. The van der Waals surface area contributed by atoms with Crippen LogP contribution in [0.25, 0.3) is 5.65 Å². The highest BCUT2D eigenvalue weighted by Gasteiger charge is 2.15. The summed E-state index contributed by atoms with van der Waals surface area (Å²) in [6.45, 7) is 0. The van der Waals surface area contributed by atoms with Crippen LogP contribution in [0, 0.1) is 0 Å². The largest absolute Gasteiger partial charge is 0.465 e. The fraction of sp³-hybridized carbons (Fsp3) is 0.0714. The summed E-state index contributed by atoms with van der Waals surface area (Å²) in [5.41, 5.74) is 0.961. The van der Waals surface area contributed by atoms with Crippen LogP contribution in [0.5, 0.6) is 0 Å². The first-order valence-electron chi connectivity index (χ1n) is 6.45. The van der Waals surface area contributed by atoms with Crippen LogP contribution in [0.15, 0.2) is 41.1 Å². The van der Waals surface area contributed by atoms with Gasteiger partial charge in [0.05, 0.1) is 17.1 Å².